The number of rotatable bonds is 7. The van der Waals surface area contributed by atoms with Crippen molar-refractivity contribution in [3.8, 4) is 5.75 Å². The van der Waals surface area contributed by atoms with Crippen LogP contribution in [0.5, 0.6) is 5.75 Å². The molecular weight excluding hydrogens is 233 g/mol. The Labute approximate surface area is 108 Å². The van der Waals surface area contributed by atoms with E-state index >= 15 is 0 Å². The van der Waals surface area contributed by atoms with Crippen molar-refractivity contribution in [3.63, 3.8) is 0 Å². The topological polar surface area (TPSA) is 44.5 Å². The van der Waals surface area contributed by atoms with Gasteiger partial charge in [-0.25, -0.2) is 4.39 Å². The first-order valence-corrected chi connectivity index (χ1v) is 6.26. The van der Waals surface area contributed by atoms with Gasteiger partial charge in [-0.05, 0) is 31.0 Å². The van der Waals surface area contributed by atoms with E-state index in [2.05, 4.69) is 13.8 Å². The molecule has 1 aromatic rings. The lowest BCUT2D eigenvalue weighted by Crippen LogP contribution is -2.13. The van der Waals surface area contributed by atoms with Crippen molar-refractivity contribution >= 4 is 0 Å². The summed E-state index contributed by atoms with van der Waals surface area (Å²) >= 11 is 0. The average molecular weight is 255 g/mol. The van der Waals surface area contributed by atoms with Gasteiger partial charge in [-0.1, -0.05) is 13.8 Å². The van der Waals surface area contributed by atoms with Gasteiger partial charge in [0.2, 0.25) is 0 Å². The van der Waals surface area contributed by atoms with Gasteiger partial charge in [0.05, 0.1) is 6.61 Å². The van der Waals surface area contributed by atoms with Crippen LogP contribution in [0.15, 0.2) is 18.2 Å². The first-order chi connectivity index (χ1) is 8.50. The number of ether oxygens (including phenoxy) is 2. The largest absolute Gasteiger partial charge is 0.491 e. The van der Waals surface area contributed by atoms with Crippen molar-refractivity contribution in [3.05, 3.63) is 29.6 Å². The van der Waals surface area contributed by atoms with Crippen LogP contribution in [0, 0.1) is 11.7 Å². The van der Waals surface area contributed by atoms with Gasteiger partial charge in [-0.2, -0.15) is 0 Å². The third-order valence-corrected chi connectivity index (χ3v) is 2.40. The maximum atomic E-state index is 13.1. The van der Waals surface area contributed by atoms with E-state index in [1.165, 1.54) is 12.1 Å². The van der Waals surface area contributed by atoms with E-state index in [0.29, 0.717) is 37.1 Å². The second-order valence-corrected chi connectivity index (χ2v) is 4.79. The van der Waals surface area contributed by atoms with Crippen LogP contribution < -0.4 is 10.5 Å². The summed E-state index contributed by atoms with van der Waals surface area (Å²) < 4.78 is 24.1. The lowest BCUT2D eigenvalue weighted by atomic mass is 10.1. The van der Waals surface area contributed by atoms with Gasteiger partial charge in [0.15, 0.2) is 0 Å². The first kappa shape index (κ1) is 14.9. The zero-order chi connectivity index (χ0) is 13.5. The van der Waals surface area contributed by atoms with Gasteiger partial charge in [0.1, 0.15) is 18.2 Å². The molecule has 0 saturated heterocycles. The molecule has 0 amide bonds. The minimum Gasteiger partial charge on any atom is -0.491 e. The summed E-state index contributed by atoms with van der Waals surface area (Å²) in [6, 6.07) is 4.13. The van der Waals surface area contributed by atoms with Crippen molar-refractivity contribution in [1.29, 1.82) is 0 Å². The van der Waals surface area contributed by atoms with Crippen LogP contribution in [-0.4, -0.2) is 19.8 Å². The SMILES string of the molecule is CC(C)COCCOc1ccc(F)cc1[C@H](C)N. The maximum Gasteiger partial charge on any atom is 0.124 e. The smallest absolute Gasteiger partial charge is 0.124 e. The number of halogens is 1. The Morgan fingerprint density at radius 2 is 1.94 bits per heavy atom. The predicted octanol–water partition coefficient (Wildman–Crippen LogP) is 2.90. The normalized spacial score (nSPS) is 12.8. The van der Waals surface area contributed by atoms with Crippen molar-refractivity contribution in [2.75, 3.05) is 19.8 Å². The molecule has 4 heteroatoms. The molecule has 18 heavy (non-hydrogen) atoms. The molecule has 0 fully saturated rings. The Morgan fingerprint density at radius 1 is 1.22 bits per heavy atom. The van der Waals surface area contributed by atoms with Crippen LogP contribution in [0.25, 0.3) is 0 Å². The van der Waals surface area contributed by atoms with Gasteiger partial charge in [-0.15, -0.1) is 0 Å². The molecule has 3 nitrogen and oxygen atoms in total. The summed E-state index contributed by atoms with van der Waals surface area (Å²) in [5, 5.41) is 0. The fourth-order valence-electron chi connectivity index (χ4n) is 1.54. The lowest BCUT2D eigenvalue weighted by molar-refractivity contribution is 0.0815. The molecule has 0 spiro atoms. The zero-order valence-corrected chi connectivity index (χ0v) is 11.3. The standard InChI is InChI=1S/C14H22FNO2/c1-10(2)9-17-6-7-18-14-5-4-12(15)8-13(14)11(3)16/h4-5,8,10-11H,6-7,9,16H2,1-3H3/t11-/m0/s1. The molecule has 0 unspecified atom stereocenters. The van der Waals surface area contributed by atoms with E-state index in [4.69, 9.17) is 15.2 Å². The highest BCUT2D eigenvalue weighted by Crippen LogP contribution is 2.24. The first-order valence-electron chi connectivity index (χ1n) is 6.26. The van der Waals surface area contributed by atoms with Gasteiger partial charge in [-0.3, -0.25) is 0 Å². The Bertz CT molecular complexity index is 367. The van der Waals surface area contributed by atoms with Gasteiger partial charge in [0.25, 0.3) is 0 Å². The summed E-state index contributed by atoms with van der Waals surface area (Å²) in [4.78, 5) is 0. The molecule has 0 heterocycles. The molecule has 0 aromatic heterocycles. The molecule has 0 saturated carbocycles. The number of hydrogen-bond donors (Lipinski definition) is 1. The number of benzene rings is 1. The summed E-state index contributed by atoms with van der Waals surface area (Å²) in [6.07, 6.45) is 0. The van der Waals surface area contributed by atoms with Crippen molar-refractivity contribution in [2.45, 2.75) is 26.8 Å². The van der Waals surface area contributed by atoms with Gasteiger partial charge >= 0.3 is 0 Å². The van der Waals surface area contributed by atoms with E-state index in [9.17, 15) is 4.39 Å². The fourth-order valence-corrected chi connectivity index (χ4v) is 1.54. The minimum atomic E-state index is -0.300. The highest BCUT2D eigenvalue weighted by atomic mass is 19.1. The highest BCUT2D eigenvalue weighted by molar-refractivity contribution is 5.36. The van der Waals surface area contributed by atoms with Crippen LogP contribution in [0.4, 0.5) is 4.39 Å². The molecule has 1 aromatic carbocycles. The Morgan fingerprint density at radius 3 is 2.56 bits per heavy atom. The molecule has 0 radical (unpaired) electrons. The Kier molecular flexibility index (Phi) is 6.09. The van der Waals surface area contributed by atoms with Crippen LogP contribution in [0.1, 0.15) is 32.4 Å². The summed E-state index contributed by atoms with van der Waals surface area (Å²) in [5.74, 6) is 0.834. The van der Waals surface area contributed by atoms with E-state index < -0.39 is 0 Å². The van der Waals surface area contributed by atoms with Crippen molar-refractivity contribution < 1.29 is 13.9 Å². The van der Waals surface area contributed by atoms with Crippen LogP contribution >= 0.6 is 0 Å². The van der Waals surface area contributed by atoms with Gasteiger partial charge < -0.3 is 15.2 Å². The van der Waals surface area contributed by atoms with E-state index in [1.54, 1.807) is 13.0 Å². The van der Waals surface area contributed by atoms with Crippen LogP contribution in [0.3, 0.4) is 0 Å². The van der Waals surface area contributed by atoms with E-state index in [1.807, 2.05) is 0 Å². The molecule has 1 atom stereocenters. The van der Waals surface area contributed by atoms with Crippen LogP contribution in [-0.2, 0) is 4.74 Å². The molecule has 0 aliphatic rings. The molecular formula is C14H22FNO2. The lowest BCUT2D eigenvalue weighted by Gasteiger charge is -2.14. The number of nitrogens with two attached hydrogens (primary N) is 1. The number of hydrogen-bond acceptors (Lipinski definition) is 3. The third-order valence-electron chi connectivity index (χ3n) is 2.40. The minimum absolute atomic E-state index is 0.257. The quantitative estimate of drug-likeness (QED) is 0.762. The molecule has 0 aliphatic heterocycles. The summed E-state index contributed by atoms with van der Waals surface area (Å²) in [5.41, 5.74) is 6.46. The monoisotopic (exact) mass is 255 g/mol. The molecule has 2 N–H and O–H groups in total. The predicted molar refractivity (Wildman–Crippen MR) is 70.2 cm³/mol. The van der Waals surface area contributed by atoms with Gasteiger partial charge in [0, 0.05) is 18.2 Å². The van der Waals surface area contributed by atoms with Crippen molar-refractivity contribution in [2.24, 2.45) is 11.7 Å². The Balaban J connectivity index is 2.46. The molecule has 1 rings (SSSR count). The highest BCUT2D eigenvalue weighted by Gasteiger charge is 2.09. The molecule has 0 aliphatic carbocycles. The van der Waals surface area contributed by atoms with Crippen LogP contribution in [0.2, 0.25) is 0 Å². The van der Waals surface area contributed by atoms with Crippen molar-refractivity contribution in [1.82, 2.24) is 0 Å². The van der Waals surface area contributed by atoms with E-state index in [-0.39, 0.29) is 11.9 Å². The average Bonchev–Trinajstić information content (AvgIpc) is 2.29. The zero-order valence-electron chi connectivity index (χ0n) is 11.3. The molecule has 102 valence electrons. The molecule has 0 bridgehead atoms. The second kappa shape index (κ2) is 7.34. The maximum absolute atomic E-state index is 13.1. The Hall–Kier alpha value is -1.13. The summed E-state index contributed by atoms with van der Waals surface area (Å²) in [7, 11) is 0. The second-order valence-electron chi connectivity index (χ2n) is 4.79. The summed E-state index contributed by atoms with van der Waals surface area (Å²) in [6.45, 7) is 7.67. The fraction of sp³-hybridized carbons (Fsp3) is 0.571. The van der Waals surface area contributed by atoms with E-state index in [0.717, 1.165) is 0 Å². The third kappa shape index (κ3) is 5.02.